The van der Waals surface area contributed by atoms with Gasteiger partial charge in [-0.2, -0.15) is 0 Å². The van der Waals surface area contributed by atoms with Gasteiger partial charge < -0.3 is 15.0 Å². The molecule has 1 saturated heterocycles. The Morgan fingerprint density at radius 3 is 2.87 bits per heavy atom. The molecule has 1 aromatic rings. The summed E-state index contributed by atoms with van der Waals surface area (Å²) in [6.45, 7) is 3.41. The quantitative estimate of drug-likeness (QED) is 0.604. The largest absolute Gasteiger partial charge is 0.535 e. The minimum Gasteiger partial charge on any atom is -0.535 e. The number of thioether (sulfide) groups is 1. The van der Waals surface area contributed by atoms with Gasteiger partial charge in [0, 0.05) is 30.6 Å². The molecule has 0 unspecified atom stereocenters. The molecule has 0 radical (unpaired) electrons. The molecule has 23 heavy (non-hydrogen) atoms. The van der Waals surface area contributed by atoms with Crippen LogP contribution in [0.2, 0.25) is 5.82 Å². The third-order valence-corrected chi connectivity index (χ3v) is 5.61. The van der Waals surface area contributed by atoms with Crippen molar-refractivity contribution >= 4 is 30.4 Å². The van der Waals surface area contributed by atoms with E-state index in [-0.39, 0.29) is 17.4 Å². The van der Waals surface area contributed by atoms with Crippen molar-refractivity contribution in [2.75, 3.05) is 18.8 Å². The first-order valence-electron chi connectivity index (χ1n) is 7.86. The second kappa shape index (κ2) is 7.07. The zero-order valence-electron chi connectivity index (χ0n) is 13.1. The van der Waals surface area contributed by atoms with Crippen LogP contribution < -0.4 is 9.97 Å². The van der Waals surface area contributed by atoms with Gasteiger partial charge in [0.05, 0.1) is 11.3 Å². The van der Waals surface area contributed by atoms with E-state index in [1.165, 1.54) is 6.92 Å². The number of carbonyl (C=O) groups excluding carboxylic acids is 2. The Morgan fingerprint density at radius 1 is 1.43 bits per heavy atom. The maximum Gasteiger partial charge on any atom is 0.526 e. The molecule has 0 saturated carbocycles. The Morgan fingerprint density at radius 2 is 2.22 bits per heavy atom. The summed E-state index contributed by atoms with van der Waals surface area (Å²) in [6, 6.07) is 5.40. The number of Topliss-reactive ketones (excluding diaryl/α,β-unsaturated/α-hetero) is 2. The molecule has 2 N–H and O–H groups in total. The number of hydrogen-bond donors (Lipinski definition) is 2. The smallest absolute Gasteiger partial charge is 0.526 e. The zero-order valence-corrected chi connectivity index (χ0v) is 13.9. The molecule has 1 atom stereocenters. The topological polar surface area (TPSA) is 75.6 Å². The van der Waals surface area contributed by atoms with Crippen LogP contribution in [0.25, 0.3) is 0 Å². The number of ketones is 2. The lowest BCUT2D eigenvalue weighted by atomic mass is 9.64. The van der Waals surface area contributed by atoms with E-state index in [4.69, 9.17) is 4.65 Å². The SMILES string of the molecule is CC(=O)c1cccc2c1OB(O)[C@@H](CC(=O)CSC1CNC1)C2. The number of carbonyl (C=O) groups is 2. The Balaban J connectivity index is 1.62. The fraction of sp³-hybridized carbons (Fsp3) is 0.500. The number of nitrogens with one attached hydrogen (secondary N) is 1. The van der Waals surface area contributed by atoms with Crippen LogP contribution in [0.1, 0.15) is 29.3 Å². The van der Waals surface area contributed by atoms with Gasteiger partial charge in [-0.1, -0.05) is 12.1 Å². The zero-order chi connectivity index (χ0) is 16.4. The monoisotopic (exact) mass is 333 g/mol. The lowest BCUT2D eigenvalue weighted by molar-refractivity contribution is -0.116. The normalized spacial score (nSPS) is 20.4. The standard InChI is InChI=1S/C16H20BNO4S/c1-10(19)15-4-2-3-11-5-12(17(21)22-16(11)15)6-13(20)9-23-14-7-18-8-14/h2-4,12,14,18,21H,5-9H2,1H3/t12-/m1/s1. The second-order valence-electron chi connectivity index (χ2n) is 6.16. The molecule has 1 fully saturated rings. The van der Waals surface area contributed by atoms with E-state index >= 15 is 0 Å². The van der Waals surface area contributed by atoms with E-state index in [9.17, 15) is 14.6 Å². The van der Waals surface area contributed by atoms with E-state index in [0.717, 1.165) is 18.7 Å². The van der Waals surface area contributed by atoms with Gasteiger partial charge in [0.25, 0.3) is 0 Å². The molecule has 0 spiro atoms. The van der Waals surface area contributed by atoms with Crippen LogP contribution in [0.3, 0.4) is 0 Å². The minimum atomic E-state index is -1.04. The summed E-state index contributed by atoms with van der Waals surface area (Å²) in [6.07, 6.45) is 0.858. The molecule has 122 valence electrons. The molecule has 0 amide bonds. The summed E-state index contributed by atoms with van der Waals surface area (Å²) in [5.41, 5.74) is 1.37. The number of rotatable bonds is 6. The first kappa shape index (κ1) is 16.5. The maximum atomic E-state index is 12.1. The molecule has 2 aliphatic rings. The van der Waals surface area contributed by atoms with Crippen LogP contribution >= 0.6 is 11.8 Å². The minimum absolute atomic E-state index is 0.0888. The summed E-state index contributed by atoms with van der Waals surface area (Å²) in [5.74, 6) is 0.744. The number of hydrogen-bond acceptors (Lipinski definition) is 6. The van der Waals surface area contributed by atoms with E-state index in [1.54, 1.807) is 17.8 Å². The second-order valence-corrected chi connectivity index (χ2v) is 7.45. The highest BCUT2D eigenvalue weighted by Gasteiger charge is 2.37. The molecule has 0 bridgehead atoms. The molecule has 0 aliphatic carbocycles. The first-order valence-corrected chi connectivity index (χ1v) is 8.91. The van der Waals surface area contributed by atoms with E-state index in [1.807, 2.05) is 12.1 Å². The van der Waals surface area contributed by atoms with Gasteiger partial charge >= 0.3 is 7.12 Å². The fourth-order valence-corrected chi connectivity index (χ4v) is 3.89. The Hall–Kier alpha value is -1.31. The van der Waals surface area contributed by atoms with Crippen molar-refractivity contribution in [1.82, 2.24) is 5.32 Å². The van der Waals surface area contributed by atoms with Crippen molar-refractivity contribution in [2.24, 2.45) is 0 Å². The van der Waals surface area contributed by atoms with Crippen LogP contribution in [-0.2, 0) is 11.2 Å². The molecule has 7 heteroatoms. The van der Waals surface area contributed by atoms with Crippen LogP contribution in [-0.4, -0.2) is 47.8 Å². The average Bonchev–Trinajstić information content (AvgIpc) is 2.45. The van der Waals surface area contributed by atoms with Crippen molar-refractivity contribution in [1.29, 1.82) is 0 Å². The first-order chi connectivity index (χ1) is 11.0. The molecule has 3 rings (SSSR count). The van der Waals surface area contributed by atoms with Gasteiger partial charge in [0.1, 0.15) is 11.5 Å². The molecule has 2 aliphatic heterocycles. The van der Waals surface area contributed by atoms with E-state index in [2.05, 4.69) is 5.32 Å². The van der Waals surface area contributed by atoms with Crippen molar-refractivity contribution in [3.05, 3.63) is 29.3 Å². The predicted molar refractivity (Wildman–Crippen MR) is 91.2 cm³/mol. The van der Waals surface area contributed by atoms with Crippen LogP contribution in [0.15, 0.2) is 18.2 Å². The summed E-state index contributed by atoms with van der Waals surface area (Å²) in [7, 11) is -1.04. The van der Waals surface area contributed by atoms with Crippen LogP contribution in [0.4, 0.5) is 0 Å². The lowest BCUT2D eigenvalue weighted by Gasteiger charge is -2.29. The highest BCUT2D eigenvalue weighted by molar-refractivity contribution is 8.00. The maximum absolute atomic E-state index is 12.1. The predicted octanol–water partition coefficient (Wildman–Crippen LogP) is 1.34. The van der Waals surface area contributed by atoms with Gasteiger partial charge in [0.2, 0.25) is 0 Å². The average molecular weight is 333 g/mol. The van der Waals surface area contributed by atoms with Crippen molar-refractivity contribution in [3.8, 4) is 5.75 Å². The van der Waals surface area contributed by atoms with Crippen LogP contribution in [0.5, 0.6) is 5.75 Å². The molecular formula is C16H20BNO4S. The van der Waals surface area contributed by atoms with Crippen LogP contribution in [0, 0.1) is 0 Å². The summed E-state index contributed by atoms with van der Waals surface area (Å²) in [5, 5.41) is 13.9. The molecule has 0 aromatic heterocycles. The Bertz CT molecular complexity index is 620. The summed E-state index contributed by atoms with van der Waals surface area (Å²) < 4.78 is 5.56. The fourth-order valence-electron chi connectivity index (χ4n) is 2.88. The summed E-state index contributed by atoms with van der Waals surface area (Å²) >= 11 is 1.67. The van der Waals surface area contributed by atoms with E-state index < -0.39 is 7.12 Å². The Labute approximate surface area is 140 Å². The number of benzene rings is 1. The van der Waals surface area contributed by atoms with E-state index in [0.29, 0.717) is 35.2 Å². The molecule has 5 nitrogen and oxygen atoms in total. The number of fused-ring (bicyclic) bond motifs is 1. The van der Waals surface area contributed by atoms with Gasteiger partial charge in [-0.25, -0.2) is 0 Å². The lowest BCUT2D eigenvalue weighted by Crippen LogP contribution is -2.45. The van der Waals surface area contributed by atoms with Gasteiger partial charge in [0.15, 0.2) is 5.78 Å². The van der Waals surface area contributed by atoms with Crippen molar-refractivity contribution < 1.29 is 19.3 Å². The van der Waals surface area contributed by atoms with Crippen molar-refractivity contribution in [2.45, 2.75) is 30.8 Å². The highest BCUT2D eigenvalue weighted by Crippen LogP contribution is 2.36. The van der Waals surface area contributed by atoms with Gasteiger partial charge in [-0.05, 0) is 25.0 Å². The summed E-state index contributed by atoms with van der Waals surface area (Å²) in [4.78, 5) is 23.8. The molecular weight excluding hydrogens is 313 g/mol. The van der Waals surface area contributed by atoms with Gasteiger partial charge in [-0.15, -0.1) is 11.8 Å². The third-order valence-electron chi connectivity index (χ3n) is 4.31. The number of para-hydroxylation sites is 1. The third kappa shape index (κ3) is 3.79. The molecule has 1 aromatic carbocycles. The highest BCUT2D eigenvalue weighted by atomic mass is 32.2. The van der Waals surface area contributed by atoms with Crippen molar-refractivity contribution in [3.63, 3.8) is 0 Å². The molecule has 2 heterocycles. The van der Waals surface area contributed by atoms with Gasteiger partial charge in [-0.3, -0.25) is 9.59 Å². The Kier molecular flexibility index (Phi) is 5.09.